The summed E-state index contributed by atoms with van der Waals surface area (Å²) >= 11 is 0. The van der Waals surface area contributed by atoms with E-state index in [1.807, 2.05) is 0 Å². The average Bonchev–Trinajstić information content (AvgIpc) is 2.23. The molecule has 0 radical (unpaired) electrons. The van der Waals surface area contributed by atoms with Gasteiger partial charge in [0.1, 0.15) is 0 Å². The molecule has 1 atom stereocenters. The zero-order valence-electron chi connectivity index (χ0n) is 12.6. The van der Waals surface area contributed by atoms with Crippen molar-refractivity contribution < 1.29 is 9.53 Å². The highest BCUT2D eigenvalue weighted by Crippen LogP contribution is 2.59. The quantitative estimate of drug-likeness (QED) is 0.768. The van der Waals surface area contributed by atoms with Crippen LogP contribution in [0.1, 0.15) is 52.4 Å². The summed E-state index contributed by atoms with van der Waals surface area (Å²) in [5.74, 6) is 0.746. The molecule has 1 unspecified atom stereocenters. The van der Waals surface area contributed by atoms with Crippen LogP contribution in [0.25, 0.3) is 0 Å². The van der Waals surface area contributed by atoms with Crippen LogP contribution in [0, 0.1) is 16.7 Å². The minimum Gasteiger partial charge on any atom is -0.381 e. The molecule has 3 rings (SSSR count). The number of ether oxygens (including phenoxy) is 1. The van der Waals surface area contributed by atoms with Gasteiger partial charge in [-0.25, -0.2) is 0 Å². The van der Waals surface area contributed by atoms with Gasteiger partial charge in [0, 0.05) is 31.5 Å². The number of nitrogens with zero attached hydrogens (tertiary/aromatic N) is 1. The fourth-order valence-electron chi connectivity index (χ4n) is 4.47. The van der Waals surface area contributed by atoms with Crippen LogP contribution in [-0.4, -0.2) is 37.1 Å². The van der Waals surface area contributed by atoms with E-state index in [2.05, 4.69) is 18.7 Å². The summed E-state index contributed by atoms with van der Waals surface area (Å²) in [7, 11) is 1.79. The Hall–Kier alpha value is -0.570. The Balaban J connectivity index is 1.57. The monoisotopic (exact) mass is 265 g/mol. The van der Waals surface area contributed by atoms with Gasteiger partial charge < -0.3 is 9.64 Å². The second-order valence-corrected chi connectivity index (χ2v) is 7.72. The molecular weight excluding hydrogens is 238 g/mol. The highest BCUT2D eigenvalue weighted by Gasteiger charge is 2.52. The molecule has 1 heterocycles. The lowest BCUT2D eigenvalue weighted by atomic mass is 9.51. The molecule has 0 aromatic rings. The van der Waals surface area contributed by atoms with Crippen LogP contribution in [0.3, 0.4) is 0 Å². The second-order valence-electron chi connectivity index (χ2n) is 7.72. The van der Waals surface area contributed by atoms with E-state index in [4.69, 9.17) is 4.74 Å². The van der Waals surface area contributed by atoms with Gasteiger partial charge in [-0.05, 0) is 37.5 Å². The largest absolute Gasteiger partial charge is 0.381 e. The summed E-state index contributed by atoms with van der Waals surface area (Å²) in [5, 5.41) is 0. The summed E-state index contributed by atoms with van der Waals surface area (Å²) < 4.78 is 5.56. The minimum atomic E-state index is 0.0839. The SMILES string of the molecule is COC1CCN(C(=O)C2CC3(CCC3)C2)CC1(C)C. The number of carbonyl (C=O) groups is 1. The molecule has 108 valence electrons. The molecule has 2 aliphatic carbocycles. The molecule has 1 amide bonds. The van der Waals surface area contributed by atoms with Crippen LogP contribution in [0.2, 0.25) is 0 Å². The van der Waals surface area contributed by atoms with E-state index in [9.17, 15) is 4.79 Å². The summed E-state index contributed by atoms with van der Waals surface area (Å²) in [5.41, 5.74) is 0.682. The van der Waals surface area contributed by atoms with Crippen molar-refractivity contribution in [3.05, 3.63) is 0 Å². The molecule has 0 N–H and O–H groups in total. The molecule has 2 saturated carbocycles. The van der Waals surface area contributed by atoms with E-state index >= 15 is 0 Å². The third-order valence-electron chi connectivity index (χ3n) is 5.85. The molecule has 0 aromatic heterocycles. The van der Waals surface area contributed by atoms with E-state index < -0.39 is 0 Å². The fourth-order valence-corrected chi connectivity index (χ4v) is 4.47. The molecule has 0 bridgehead atoms. The van der Waals surface area contributed by atoms with Crippen LogP contribution >= 0.6 is 0 Å². The van der Waals surface area contributed by atoms with Crippen molar-refractivity contribution >= 4 is 5.91 Å². The van der Waals surface area contributed by atoms with Crippen LogP contribution in [-0.2, 0) is 9.53 Å². The maximum Gasteiger partial charge on any atom is 0.225 e. The fraction of sp³-hybridized carbons (Fsp3) is 0.938. The number of hydrogen-bond acceptors (Lipinski definition) is 2. The van der Waals surface area contributed by atoms with Gasteiger partial charge in [-0.15, -0.1) is 0 Å². The molecular formula is C16H27NO2. The lowest BCUT2D eigenvalue weighted by Gasteiger charge is -2.55. The second kappa shape index (κ2) is 4.47. The first-order chi connectivity index (χ1) is 8.96. The van der Waals surface area contributed by atoms with Gasteiger partial charge in [-0.3, -0.25) is 4.79 Å². The van der Waals surface area contributed by atoms with E-state index in [1.165, 1.54) is 19.3 Å². The number of hydrogen-bond donors (Lipinski definition) is 0. The van der Waals surface area contributed by atoms with Gasteiger partial charge in [0.25, 0.3) is 0 Å². The van der Waals surface area contributed by atoms with Crippen LogP contribution in [0.15, 0.2) is 0 Å². The Morgan fingerprint density at radius 3 is 2.42 bits per heavy atom. The van der Waals surface area contributed by atoms with Crippen molar-refractivity contribution in [2.24, 2.45) is 16.7 Å². The van der Waals surface area contributed by atoms with Crippen molar-refractivity contribution in [2.45, 2.75) is 58.5 Å². The molecule has 3 nitrogen and oxygen atoms in total. The Morgan fingerprint density at radius 1 is 1.26 bits per heavy atom. The van der Waals surface area contributed by atoms with Gasteiger partial charge in [-0.1, -0.05) is 20.3 Å². The Bertz CT molecular complexity index is 365. The minimum absolute atomic E-state index is 0.0839. The summed E-state index contributed by atoms with van der Waals surface area (Å²) in [6.07, 6.45) is 7.71. The van der Waals surface area contributed by atoms with Gasteiger partial charge in [0.05, 0.1) is 6.10 Å². The van der Waals surface area contributed by atoms with E-state index in [0.29, 0.717) is 17.2 Å². The summed E-state index contributed by atoms with van der Waals surface area (Å²) in [6.45, 7) is 6.17. The first-order valence-corrected chi connectivity index (χ1v) is 7.77. The molecule has 3 heteroatoms. The standard InChI is InChI=1S/C16H27NO2/c1-15(2)11-17(8-5-13(15)19-3)14(18)12-9-16(10-12)6-4-7-16/h12-13H,4-11H2,1-3H3. The molecule has 1 spiro atoms. The first-order valence-electron chi connectivity index (χ1n) is 7.77. The summed E-state index contributed by atoms with van der Waals surface area (Å²) in [6, 6.07) is 0. The maximum atomic E-state index is 12.6. The van der Waals surface area contributed by atoms with Gasteiger partial charge >= 0.3 is 0 Å². The smallest absolute Gasteiger partial charge is 0.225 e. The predicted octanol–water partition coefficient (Wildman–Crippen LogP) is 2.84. The topological polar surface area (TPSA) is 29.5 Å². The van der Waals surface area contributed by atoms with Gasteiger partial charge in [0.2, 0.25) is 5.91 Å². The number of piperidine rings is 1. The van der Waals surface area contributed by atoms with Crippen molar-refractivity contribution in [3.8, 4) is 0 Å². The summed E-state index contributed by atoms with van der Waals surface area (Å²) in [4.78, 5) is 14.7. The Labute approximate surface area is 116 Å². The molecule has 19 heavy (non-hydrogen) atoms. The van der Waals surface area contributed by atoms with Crippen molar-refractivity contribution in [2.75, 3.05) is 20.2 Å². The van der Waals surface area contributed by atoms with E-state index in [1.54, 1.807) is 7.11 Å². The van der Waals surface area contributed by atoms with Crippen LogP contribution in [0.5, 0.6) is 0 Å². The predicted molar refractivity (Wildman–Crippen MR) is 74.8 cm³/mol. The lowest BCUT2D eigenvalue weighted by Crippen LogP contribution is -2.56. The molecule has 1 saturated heterocycles. The third kappa shape index (κ3) is 2.20. The molecule has 0 aromatic carbocycles. The number of amides is 1. The normalized spacial score (nSPS) is 32.8. The molecule has 3 fully saturated rings. The van der Waals surface area contributed by atoms with Crippen molar-refractivity contribution in [1.82, 2.24) is 4.90 Å². The number of methoxy groups -OCH3 is 1. The Kier molecular flexibility index (Phi) is 3.16. The number of likely N-dealkylation sites (tertiary alicyclic amines) is 1. The highest BCUT2D eigenvalue weighted by molar-refractivity contribution is 5.80. The first kappa shape index (κ1) is 13.4. The zero-order chi connectivity index (χ0) is 13.7. The Morgan fingerprint density at radius 2 is 1.95 bits per heavy atom. The van der Waals surface area contributed by atoms with Crippen LogP contribution in [0.4, 0.5) is 0 Å². The van der Waals surface area contributed by atoms with Crippen LogP contribution < -0.4 is 0 Å². The van der Waals surface area contributed by atoms with E-state index in [-0.39, 0.29) is 11.5 Å². The zero-order valence-corrected chi connectivity index (χ0v) is 12.6. The van der Waals surface area contributed by atoms with Gasteiger partial charge in [0.15, 0.2) is 0 Å². The number of rotatable bonds is 2. The molecule has 3 aliphatic rings. The highest BCUT2D eigenvalue weighted by atomic mass is 16.5. The van der Waals surface area contributed by atoms with Gasteiger partial charge in [-0.2, -0.15) is 0 Å². The number of carbonyl (C=O) groups excluding carboxylic acids is 1. The average molecular weight is 265 g/mol. The van der Waals surface area contributed by atoms with Crippen molar-refractivity contribution in [1.29, 1.82) is 0 Å². The maximum absolute atomic E-state index is 12.6. The third-order valence-corrected chi connectivity index (χ3v) is 5.85. The van der Waals surface area contributed by atoms with E-state index in [0.717, 1.165) is 32.4 Å². The lowest BCUT2D eigenvalue weighted by molar-refractivity contribution is -0.155. The van der Waals surface area contributed by atoms with Crippen molar-refractivity contribution in [3.63, 3.8) is 0 Å². The molecule has 1 aliphatic heterocycles.